The number of carbonyl (C=O) groups is 1. The van der Waals surface area contributed by atoms with Gasteiger partial charge in [-0.2, -0.15) is 0 Å². The van der Waals surface area contributed by atoms with Gasteiger partial charge in [0, 0.05) is 5.54 Å². The maximum Gasteiger partial charge on any atom is 1.00 e. The Kier molecular flexibility index (Phi) is 9.73. The first-order chi connectivity index (χ1) is 2.77. The normalized spacial score (nSPS) is 8.14. The van der Waals surface area contributed by atoms with E-state index in [-0.39, 0.29) is 29.6 Å². The molecule has 4 heteroatoms. The fraction of sp³-hybridized carbons (Fsp3) is 0. The molecule has 0 N–H and O–H groups in total. The Morgan fingerprint density at radius 3 is 2.14 bits per heavy atom. The van der Waals surface area contributed by atoms with Crippen LogP contribution in [0.3, 0.4) is 0 Å². The fourth-order valence-electron chi connectivity index (χ4n) is 0.0514. The standard InChI is InChI=1S/C3H3ClO2.Na/c4-2-1-3(5)6;/h1-2H,(H,5,6);/q;+1/p-1/b2-1+;. The maximum atomic E-state index is 9.32. The van der Waals surface area contributed by atoms with E-state index in [9.17, 15) is 9.90 Å². The van der Waals surface area contributed by atoms with Crippen LogP contribution in [0.4, 0.5) is 0 Å². The molecule has 0 aromatic carbocycles. The van der Waals surface area contributed by atoms with Gasteiger partial charge in [0.05, 0.1) is 5.97 Å². The molecule has 0 aromatic rings. The Labute approximate surface area is 68.5 Å². The molecule has 0 saturated carbocycles. The summed E-state index contributed by atoms with van der Waals surface area (Å²) < 4.78 is 0. The van der Waals surface area contributed by atoms with Crippen molar-refractivity contribution in [1.82, 2.24) is 0 Å². The molecule has 0 bridgehead atoms. The van der Waals surface area contributed by atoms with Crippen LogP contribution < -0.4 is 34.7 Å². The second-order valence-corrected chi connectivity index (χ2v) is 0.864. The molecule has 0 fully saturated rings. The average molecular weight is 128 g/mol. The van der Waals surface area contributed by atoms with Crippen LogP contribution in [-0.4, -0.2) is 5.97 Å². The molecule has 2 nitrogen and oxygen atoms in total. The number of hydrogen-bond donors (Lipinski definition) is 0. The van der Waals surface area contributed by atoms with Gasteiger partial charge in [-0.05, 0) is 6.08 Å². The van der Waals surface area contributed by atoms with Gasteiger partial charge in [0.1, 0.15) is 0 Å². The van der Waals surface area contributed by atoms with E-state index in [1.165, 1.54) is 0 Å². The molecule has 0 saturated heterocycles. The summed E-state index contributed by atoms with van der Waals surface area (Å²) in [7, 11) is 0. The first-order valence-corrected chi connectivity index (χ1v) is 1.68. The minimum absolute atomic E-state index is 0. The van der Waals surface area contributed by atoms with E-state index >= 15 is 0 Å². The van der Waals surface area contributed by atoms with Crippen molar-refractivity contribution in [3.63, 3.8) is 0 Å². The molecular formula is C3H2ClNaO2. The molecular weight excluding hydrogens is 126 g/mol. The van der Waals surface area contributed by atoms with Crippen LogP contribution in [-0.2, 0) is 4.79 Å². The van der Waals surface area contributed by atoms with Crippen LogP contribution in [0.15, 0.2) is 11.6 Å². The second-order valence-electron chi connectivity index (χ2n) is 0.612. The topological polar surface area (TPSA) is 40.1 Å². The summed E-state index contributed by atoms with van der Waals surface area (Å²) in [5.41, 5.74) is 0.884. The average Bonchev–Trinajstić information content (AvgIpc) is 1.35. The van der Waals surface area contributed by atoms with Gasteiger partial charge >= 0.3 is 29.6 Å². The zero-order valence-corrected chi connectivity index (χ0v) is 6.61. The van der Waals surface area contributed by atoms with Crippen LogP contribution in [0.25, 0.3) is 0 Å². The van der Waals surface area contributed by atoms with E-state index in [4.69, 9.17) is 11.6 Å². The summed E-state index contributed by atoms with van der Waals surface area (Å²) in [6.45, 7) is 0. The van der Waals surface area contributed by atoms with Crippen molar-refractivity contribution < 1.29 is 39.5 Å². The molecule has 7 heavy (non-hydrogen) atoms. The molecule has 0 aliphatic rings. The zero-order valence-electron chi connectivity index (χ0n) is 3.85. The van der Waals surface area contributed by atoms with Gasteiger partial charge in [-0.15, -0.1) is 0 Å². The first-order valence-electron chi connectivity index (χ1n) is 1.25. The Morgan fingerprint density at radius 1 is 1.71 bits per heavy atom. The SMILES string of the molecule is O=C([O-])/C=C/Cl.[Na+]. The predicted molar refractivity (Wildman–Crippen MR) is 20.0 cm³/mol. The van der Waals surface area contributed by atoms with Crippen molar-refractivity contribution in [2.24, 2.45) is 0 Å². The Balaban J connectivity index is 0. The Bertz CT molecular complexity index is 81.0. The van der Waals surface area contributed by atoms with Gasteiger partial charge in [0.25, 0.3) is 0 Å². The van der Waals surface area contributed by atoms with Crippen molar-refractivity contribution >= 4 is 17.6 Å². The largest absolute Gasteiger partial charge is 1.00 e. The van der Waals surface area contributed by atoms with E-state index < -0.39 is 5.97 Å². The number of carboxylic acid groups (broad SMARTS) is 1. The Hall–Kier alpha value is 0.500. The third-order valence-electron chi connectivity index (χ3n) is 0.199. The summed E-state index contributed by atoms with van der Waals surface area (Å²) in [6, 6.07) is 0. The molecule has 0 aliphatic carbocycles. The number of hydrogen-bond acceptors (Lipinski definition) is 2. The van der Waals surface area contributed by atoms with Gasteiger partial charge in [-0.3, -0.25) is 0 Å². The molecule has 34 valence electrons. The van der Waals surface area contributed by atoms with Crippen LogP contribution in [0.5, 0.6) is 0 Å². The van der Waals surface area contributed by atoms with Crippen molar-refractivity contribution in [3.8, 4) is 0 Å². The molecule has 0 spiro atoms. The molecule has 0 aromatic heterocycles. The summed E-state index contributed by atoms with van der Waals surface area (Å²) in [5.74, 6) is -1.27. The van der Waals surface area contributed by atoms with Gasteiger partial charge < -0.3 is 9.90 Å². The second kappa shape index (κ2) is 6.50. The minimum Gasteiger partial charge on any atom is -0.545 e. The predicted octanol–water partition coefficient (Wildman–Crippen LogP) is -3.51. The first kappa shape index (κ1) is 10.5. The van der Waals surface area contributed by atoms with E-state index in [0.717, 1.165) is 11.6 Å². The molecule has 0 heterocycles. The maximum absolute atomic E-state index is 9.32. The van der Waals surface area contributed by atoms with Crippen molar-refractivity contribution in [2.75, 3.05) is 0 Å². The monoisotopic (exact) mass is 128 g/mol. The molecule has 0 amide bonds. The molecule has 0 aliphatic heterocycles. The van der Waals surface area contributed by atoms with Gasteiger partial charge in [-0.25, -0.2) is 0 Å². The van der Waals surface area contributed by atoms with Gasteiger partial charge in [0.2, 0.25) is 0 Å². The molecule has 0 atom stereocenters. The van der Waals surface area contributed by atoms with Crippen molar-refractivity contribution in [1.29, 1.82) is 0 Å². The molecule has 0 rings (SSSR count). The third-order valence-corrected chi connectivity index (χ3v) is 0.325. The van der Waals surface area contributed by atoms with E-state index in [0.29, 0.717) is 0 Å². The van der Waals surface area contributed by atoms with Gasteiger partial charge in [-0.1, -0.05) is 11.6 Å². The van der Waals surface area contributed by atoms with Gasteiger partial charge in [0.15, 0.2) is 0 Å². The number of carboxylic acids is 1. The summed E-state index contributed by atoms with van der Waals surface area (Å²) in [4.78, 5) is 9.32. The van der Waals surface area contributed by atoms with E-state index in [2.05, 4.69) is 0 Å². The summed E-state index contributed by atoms with van der Waals surface area (Å²) in [6.07, 6.45) is 0.738. The van der Waals surface area contributed by atoms with Crippen LogP contribution in [0, 0.1) is 0 Å². The summed E-state index contributed by atoms with van der Waals surface area (Å²) >= 11 is 4.80. The Morgan fingerprint density at radius 2 is 2.14 bits per heavy atom. The molecule has 0 radical (unpaired) electrons. The van der Waals surface area contributed by atoms with Crippen molar-refractivity contribution in [2.45, 2.75) is 0 Å². The van der Waals surface area contributed by atoms with Crippen LogP contribution >= 0.6 is 11.6 Å². The quantitative estimate of drug-likeness (QED) is 0.272. The smallest absolute Gasteiger partial charge is 0.545 e. The minimum atomic E-state index is -1.27. The summed E-state index contributed by atoms with van der Waals surface area (Å²) in [5, 5.41) is 9.32. The third kappa shape index (κ3) is 10.7. The van der Waals surface area contributed by atoms with E-state index in [1.807, 2.05) is 0 Å². The number of aliphatic carboxylic acids is 1. The zero-order chi connectivity index (χ0) is 4.99. The van der Waals surface area contributed by atoms with E-state index in [1.54, 1.807) is 0 Å². The number of rotatable bonds is 1. The van der Waals surface area contributed by atoms with Crippen LogP contribution in [0.2, 0.25) is 0 Å². The number of carbonyl (C=O) groups excluding carboxylic acids is 1. The van der Waals surface area contributed by atoms with Crippen molar-refractivity contribution in [3.05, 3.63) is 11.6 Å². The number of halogens is 1. The fourth-order valence-corrected chi connectivity index (χ4v) is 0.154. The molecule has 0 unspecified atom stereocenters. The van der Waals surface area contributed by atoms with Crippen LogP contribution in [0.1, 0.15) is 0 Å².